The molecule has 1 rings (SSSR count). The van der Waals surface area contributed by atoms with Crippen LogP contribution in [0.15, 0.2) is 0 Å². The van der Waals surface area contributed by atoms with Gasteiger partial charge in [0.1, 0.15) is 5.60 Å². The lowest BCUT2D eigenvalue weighted by Gasteiger charge is -2.35. The molecule has 3 nitrogen and oxygen atoms in total. The summed E-state index contributed by atoms with van der Waals surface area (Å²) in [6, 6.07) is 0. The van der Waals surface area contributed by atoms with Gasteiger partial charge in [0.25, 0.3) is 0 Å². The lowest BCUT2D eigenvalue weighted by Crippen LogP contribution is -2.47. The Hall–Kier alpha value is -0.560. The van der Waals surface area contributed by atoms with Crippen molar-refractivity contribution in [2.45, 2.75) is 90.4 Å². The molecule has 1 aliphatic carbocycles. The maximum absolute atomic E-state index is 10.2. The number of hydrogen-bond acceptors (Lipinski definition) is 3. The zero-order chi connectivity index (χ0) is 16.9. The number of ether oxygens (including phenoxy) is 1. The number of β-amino-alcohol motifs (C(OH)–C–C–N with tert-alkyl or cyclic N) is 1. The number of aliphatic hydroxyl groups excluding tert-OH is 1. The van der Waals surface area contributed by atoms with Crippen LogP contribution in [0.3, 0.4) is 0 Å². The zero-order valence-corrected chi connectivity index (χ0v) is 15.2. The first-order valence-corrected chi connectivity index (χ1v) is 8.62. The largest absolute Gasteiger partial charge is 0.389 e. The second-order valence-electron chi connectivity index (χ2n) is 8.67. The fraction of sp³-hybridized carbons (Fsp3) is 0.895. The van der Waals surface area contributed by atoms with Gasteiger partial charge in [0.05, 0.1) is 12.7 Å². The van der Waals surface area contributed by atoms with Crippen molar-refractivity contribution in [3.8, 4) is 12.3 Å². The summed E-state index contributed by atoms with van der Waals surface area (Å²) in [4.78, 5) is 0. The van der Waals surface area contributed by atoms with Gasteiger partial charge in [-0.3, -0.25) is 0 Å². The number of nitrogens with one attached hydrogen (secondary N) is 1. The van der Waals surface area contributed by atoms with E-state index in [4.69, 9.17) is 11.2 Å². The van der Waals surface area contributed by atoms with E-state index in [0.29, 0.717) is 13.2 Å². The highest BCUT2D eigenvalue weighted by molar-refractivity contribution is 5.09. The molecule has 0 aliphatic heterocycles. The van der Waals surface area contributed by atoms with Crippen molar-refractivity contribution < 1.29 is 9.84 Å². The summed E-state index contributed by atoms with van der Waals surface area (Å²) in [5, 5.41) is 13.6. The van der Waals surface area contributed by atoms with Crippen LogP contribution in [0.25, 0.3) is 0 Å². The van der Waals surface area contributed by atoms with E-state index in [0.717, 1.165) is 32.1 Å². The van der Waals surface area contributed by atoms with E-state index in [2.05, 4.69) is 45.9 Å². The lowest BCUT2D eigenvalue weighted by molar-refractivity contribution is -0.0642. The van der Waals surface area contributed by atoms with E-state index in [1.54, 1.807) is 0 Å². The van der Waals surface area contributed by atoms with E-state index >= 15 is 0 Å². The van der Waals surface area contributed by atoms with Gasteiger partial charge < -0.3 is 15.2 Å². The van der Waals surface area contributed by atoms with Gasteiger partial charge in [0, 0.05) is 12.1 Å². The van der Waals surface area contributed by atoms with E-state index < -0.39 is 11.7 Å². The van der Waals surface area contributed by atoms with Gasteiger partial charge in [-0.15, -0.1) is 6.42 Å². The minimum absolute atomic E-state index is 0.00608. The molecule has 1 aliphatic rings. The zero-order valence-electron chi connectivity index (χ0n) is 15.2. The summed E-state index contributed by atoms with van der Waals surface area (Å²) < 4.78 is 5.92. The monoisotopic (exact) mass is 309 g/mol. The van der Waals surface area contributed by atoms with Crippen molar-refractivity contribution in [2.24, 2.45) is 5.41 Å². The summed E-state index contributed by atoms with van der Waals surface area (Å²) in [6.07, 6.45) is 11.5. The summed E-state index contributed by atoms with van der Waals surface area (Å²) in [6.45, 7) is 11.9. The molecule has 0 amide bonds. The molecule has 0 spiro atoms. The standard InChI is InChI=1S/C19H35NO2/c1-7-19(11-9-8-10-12-19)22-14-16(21)13-20-18(5,6)15-17(2,3)4/h1,16,20-21H,8-15H2,2-6H3/t16-/m0/s1. The average Bonchev–Trinajstić information content (AvgIpc) is 2.41. The van der Waals surface area contributed by atoms with Crippen LogP contribution in [0.4, 0.5) is 0 Å². The van der Waals surface area contributed by atoms with E-state index in [-0.39, 0.29) is 11.0 Å². The van der Waals surface area contributed by atoms with Gasteiger partial charge in [-0.2, -0.15) is 0 Å². The first-order chi connectivity index (χ1) is 10.1. The smallest absolute Gasteiger partial charge is 0.128 e. The third-order valence-electron chi connectivity index (χ3n) is 4.26. The fourth-order valence-electron chi connectivity index (χ4n) is 3.55. The van der Waals surface area contributed by atoms with Crippen molar-refractivity contribution in [1.82, 2.24) is 5.32 Å². The molecule has 0 saturated heterocycles. The predicted molar refractivity (Wildman–Crippen MR) is 92.8 cm³/mol. The molecule has 0 aromatic carbocycles. The van der Waals surface area contributed by atoms with Crippen LogP contribution in [0.5, 0.6) is 0 Å². The van der Waals surface area contributed by atoms with Crippen LogP contribution in [-0.4, -0.2) is 35.5 Å². The predicted octanol–water partition coefficient (Wildman–Crippen LogP) is 3.50. The van der Waals surface area contributed by atoms with E-state index in [1.807, 2.05) is 0 Å². The molecule has 0 unspecified atom stereocenters. The molecule has 0 bridgehead atoms. The molecular formula is C19H35NO2. The molecule has 0 radical (unpaired) electrons. The third-order valence-corrected chi connectivity index (χ3v) is 4.26. The molecule has 1 fully saturated rings. The van der Waals surface area contributed by atoms with Crippen LogP contribution < -0.4 is 5.32 Å². The quantitative estimate of drug-likeness (QED) is 0.707. The van der Waals surface area contributed by atoms with Crippen LogP contribution >= 0.6 is 0 Å². The van der Waals surface area contributed by atoms with Crippen LogP contribution in [0, 0.1) is 17.8 Å². The van der Waals surface area contributed by atoms with Gasteiger partial charge in [0.15, 0.2) is 0 Å². The summed E-state index contributed by atoms with van der Waals surface area (Å²) in [5.74, 6) is 2.82. The molecule has 0 heterocycles. The number of aliphatic hydroxyl groups is 1. The Kier molecular flexibility index (Phi) is 6.92. The van der Waals surface area contributed by atoms with Crippen molar-refractivity contribution in [3.05, 3.63) is 0 Å². The van der Waals surface area contributed by atoms with Gasteiger partial charge in [-0.25, -0.2) is 0 Å². The normalized spacial score (nSPS) is 20.4. The van der Waals surface area contributed by atoms with E-state index in [1.165, 1.54) is 6.42 Å². The maximum atomic E-state index is 10.2. The third kappa shape index (κ3) is 7.13. The van der Waals surface area contributed by atoms with Crippen molar-refractivity contribution >= 4 is 0 Å². The Morgan fingerprint density at radius 1 is 1.18 bits per heavy atom. The fourth-order valence-corrected chi connectivity index (χ4v) is 3.55. The maximum Gasteiger partial charge on any atom is 0.128 e. The molecular weight excluding hydrogens is 274 g/mol. The molecule has 0 aromatic heterocycles. The van der Waals surface area contributed by atoms with Gasteiger partial charge >= 0.3 is 0 Å². The molecule has 2 N–H and O–H groups in total. The lowest BCUT2D eigenvalue weighted by atomic mass is 9.82. The van der Waals surface area contributed by atoms with Gasteiger partial charge in [0.2, 0.25) is 0 Å². The second kappa shape index (κ2) is 7.81. The highest BCUT2D eigenvalue weighted by atomic mass is 16.5. The van der Waals surface area contributed by atoms with Crippen molar-refractivity contribution in [2.75, 3.05) is 13.2 Å². The first kappa shape index (κ1) is 19.5. The Balaban J connectivity index is 2.37. The summed E-state index contributed by atoms with van der Waals surface area (Å²) >= 11 is 0. The van der Waals surface area contributed by atoms with Gasteiger partial charge in [-0.05, 0) is 51.4 Å². The Morgan fingerprint density at radius 2 is 1.77 bits per heavy atom. The number of rotatable bonds is 7. The number of hydrogen-bond donors (Lipinski definition) is 2. The van der Waals surface area contributed by atoms with Crippen molar-refractivity contribution in [3.63, 3.8) is 0 Å². The average molecular weight is 309 g/mol. The van der Waals surface area contributed by atoms with Gasteiger partial charge in [-0.1, -0.05) is 33.1 Å². The molecule has 128 valence electrons. The van der Waals surface area contributed by atoms with Crippen LogP contribution in [0.2, 0.25) is 0 Å². The summed E-state index contributed by atoms with van der Waals surface area (Å²) in [5.41, 5.74) is -0.193. The highest BCUT2D eigenvalue weighted by Gasteiger charge is 2.32. The van der Waals surface area contributed by atoms with Crippen molar-refractivity contribution in [1.29, 1.82) is 0 Å². The minimum Gasteiger partial charge on any atom is -0.389 e. The molecule has 22 heavy (non-hydrogen) atoms. The first-order valence-electron chi connectivity index (χ1n) is 8.62. The molecule has 1 saturated carbocycles. The van der Waals surface area contributed by atoms with E-state index in [9.17, 15) is 5.11 Å². The second-order valence-corrected chi connectivity index (χ2v) is 8.67. The molecule has 1 atom stereocenters. The topological polar surface area (TPSA) is 41.5 Å². The Bertz CT molecular complexity index is 370. The summed E-state index contributed by atoms with van der Waals surface area (Å²) in [7, 11) is 0. The SMILES string of the molecule is C#CC1(OC[C@@H](O)CNC(C)(C)CC(C)(C)C)CCCCC1. The highest BCUT2D eigenvalue weighted by Crippen LogP contribution is 2.31. The Morgan fingerprint density at radius 3 is 2.27 bits per heavy atom. The minimum atomic E-state index is -0.522. The Labute approximate surface area is 137 Å². The van der Waals surface area contributed by atoms with Crippen LogP contribution in [0.1, 0.15) is 73.1 Å². The van der Waals surface area contributed by atoms with Crippen LogP contribution in [-0.2, 0) is 4.74 Å². The number of terminal acetylenes is 1. The molecule has 0 aromatic rings. The molecule has 3 heteroatoms.